The number of hydrogen-bond donors (Lipinski definition) is 3. The minimum Gasteiger partial charge on any atom is -0.477 e. The average molecular weight is 416 g/mol. The molecule has 1 aromatic carbocycles. The summed E-state index contributed by atoms with van der Waals surface area (Å²) in [5, 5.41) is 15.5. The zero-order valence-corrected chi connectivity index (χ0v) is 15.7. The number of nitrogens with one attached hydrogen (secondary N) is 2. The summed E-state index contributed by atoms with van der Waals surface area (Å²) in [7, 11) is 0. The number of benzene rings is 1. The van der Waals surface area contributed by atoms with Crippen LogP contribution in [0.1, 0.15) is 28.8 Å². The molecular weight excluding hydrogens is 401 g/mol. The Kier molecular flexibility index (Phi) is 5.85. The Hall–Kier alpha value is -2.03. The number of carbonyl (C=O) groups is 2. The molecule has 0 unspecified atom stereocenters. The number of carbonyl (C=O) groups excluding carboxylic acids is 1. The largest absolute Gasteiger partial charge is 0.477 e. The summed E-state index contributed by atoms with van der Waals surface area (Å²) < 4.78 is 9.48. The number of carboxylic acid groups (broad SMARTS) is 1. The van der Waals surface area contributed by atoms with Gasteiger partial charge in [-0.15, -0.1) is 0 Å². The second-order valence-electron chi connectivity index (χ2n) is 5.78. The third-order valence-corrected chi connectivity index (χ3v) is 5.35. The van der Waals surface area contributed by atoms with Crippen molar-refractivity contribution < 1.29 is 19.4 Å². The number of urea groups is 1. The van der Waals surface area contributed by atoms with Crippen molar-refractivity contribution in [1.82, 2.24) is 9.69 Å². The number of aromatic carboxylic acids is 1. The highest BCUT2D eigenvalue weighted by Gasteiger charge is 2.25. The molecule has 1 aliphatic rings. The number of aromatic nitrogens is 1. The number of nitrogens with zero attached hydrogens (tertiary/aromatic N) is 1. The van der Waals surface area contributed by atoms with Crippen LogP contribution in [0, 0.1) is 5.92 Å². The van der Waals surface area contributed by atoms with Crippen LogP contribution in [0.15, 0.2) is 18.2 Å². The van der Waals surface area contributed by atoms with E-state index in [4.69, 9.17) is 27.9 Å². The zero-order chi connectivity index (χ0) is 18.7. The lowest BCUT2D eigenvalue weighted by atomic mass is 10.2. The summed E-state index contributed by atoms with van der Waals surface area (Å²) in [6.45, 7) is 0.570. The van der Waals surface area contributed by atoms with Crippen LogP contribution in [0.25, 0.3) is 0 Å². The topological polar surface area (TPSA) is 101 Å². The molecule has 2 amide bonds. The van der Waals surface area contributed by atoms with Gasteiger partial charge in [-0.3, -0.25) is 5.32 Å². The van der Waals surface area contributed by atoms with Crippen LogP contribution in [-0.2, 0) is 6.61 Å². The number of anilines is 1. The van der Waals surface area contributed by atoms with Crippen molar-refractivity contribution in [3.8, 4) is 5.88 Å². The van der Waals surface area contributed by atoms with Gasteiger partial charge in [0, 0.05) is 12.1 Å². The number of hydrogen-bond acceptors (Lipinski definition) is 5. The van der Waals surface area contributed by atoms with Gasteiger partial charge in [0.1, 0.15) is 11.6 Å². The average Bonchev–Trinajstić information content (AvgIpc) is 3.34. The molecule has 26 heavy (non-hydrogen) atoms. The Labute approximate surface area is 163 Å². The summed E-state index contributed by atoms with van der Waals surface area (Å²) in [5.41, 5.74) is 0.398. The van der Waals surface area contributed by atoms with Gasteiger partial charge in [-0.1, -0.05) is 35.3 Å². The first kappa shape index (κ1) is 18.8. The zero-order valence-electron chi connectivity index (χ0n) is 13.4. The van der Waals surface area contributed by atoms with Crippen molar-refractivity contribution in [3.63, 3.8) is 0 Å². The van der Waals surface area contributed by atoms with E-state index in [0.29, 0.717) is 28.1 Å². The van der Waals surface area contributed by atoms with E-state index in [1.807, 2.05) is 0 Å². The highest BCUT2D eigenvalue weighted by molar-refractivity contribution is 7.11. The molecule has 1 aliphatic carbocycles. The quantitative estimate of drug-likeness (QED) is 0.626. The molecule has 0 aliphatic heterocycles. The third-order valence-electron chi connectivity index (χ3n) is 3.75. The van der Waals surface area contributed by atoms with Crippen LogP contribution in [-0.4, -0.2) is 28.0 Å². The Morgan fingerprint density at radius 2 is 2.12 bits per heavy atom. The molecule has 0 bridgehead atoms. The second kappa shape index (κ2) is 8.11. The van der Waals surface area contributed by atoms with Crippen LogP contribution >= 0.6 is 34.7 Å². The van der Waals surface area contributed by atoms with Crippen LogP contribution < -0.4 is 15.4 Å². The molecule has 1 heterocycles. The van der Waals surface area contributed by atoms with Crippen molar-refractivity contribution in [3.05, 3.63) is 39.4 Å². The molecule has 1 fully saturated rings. The fourth-order valence-corrected chi connectivity index (χ4v) is 3.26. The summed E-state index contributed by atoms with van der Waals surface area (Å²) >= 11 is 12.9. The SMILES string of the molecule is O=C(NCC1CC1)Nc1snc(OCc2cccc(Cl)c2Cl)c1C(=O)O. The predicted octanol–water partition coefficient (Wildman–Crippen LogP) is 4.26. The number of ether oxygens (including phenoxy) is 1. The molecule has 3 N–H and O–H groups in total. The van der Waals surface area contributed by atoms with Crippen molar-refractivity contribution in [2.45, 2.75) is 19.4 Å². The van der Waals surface area contributed by atoms with E-state index in [-0.39, 0.29) is 23.1 Å². The molecule has 138 valence electrons. The maximum absolute atomic E-state index is 11.9. The Bertz CT molecular complexity index is 839. The Morgan fingerprint density at radius 1 is 1.35 bits per heavy atom. The third kappa shape index (κ3) is 4.57. The highest BCUT2D eigenvalue weighted by Crippen LogP contribution is 2.33. The van der Waals surface area contributed by atoms with Gasteiger partial charge in [0.2, 0.25) is 5.88 Å². The van der Waals surface area contributed by atoms with E-state index in [2.05, 4.69) is 15.0 Å². The van der Waals surface area contributed by atoms with E-state index in [1.165, 1.54) is 0 Å². The molecule has 0 spiro atoms. The molecule has 3 rings (SSSR count). The van der Waals surface area contributed by atoms with Crippen molar-refractivity contribution >= 4 is 51.7 Å². The lowest BCUT2D eigenvalue weighted by Gasteiger charge is -2.08. The molecule has 0 radical (unpaired) electrons. The molecule has 1 aromatic heterocycles. The summed E-state index contributed by atoms with van der Waals surface area (Å²) in [6.07, 6.45) is 2.20. The van der Waals surface area contributed by atoms with Gasteiger partial charge in [-0.05, 0) is 36.4 Å². The minimum atomic E-state index is -1.25. The Balaban J connectivity index is 1.69. The molecular formula is C16H15Cl2N3O4S. The van der Waals surface area contributed by atoms with Crippen molar-refractivity contribution in [2.75, 3.05) is 11.9 Å². The van der Waals surface area contributed by atoms with Gasteiger partial charge < -0.3 is 15.2 Å². The Morgan fingerprint density at radius 3 is 2.81 bits per heavy atom. The molecule has 0 saturated heterocycles. The van der Waals surface area contributed by atoms with Crippen LogP contribution in [0.2, 0.25) is 10.0 Å². The second-order valence-corrected chi connectivity index (χ2v) is 7.34. The number of amides is 2. The number of halogens is 2. The van der Waals surface area contributed by atoms with E-state index < -0.39 is 12.0 Å². The predicted molar refractivity (Wildman–Crippen MR) is 99.6 cm³/mol. The number of rotatable bonds is 7. The molecule has 0 atom stereocenters. The van der Waals surface area contributed by atoms with E-state index >= 15 is 0 Å². The minimum absolute atomic E-state index is 0.00325. The first-order valence-corrected chi connectivity index (χ1v) is 9.32. The van der Waals surface area contributed by atoms with E-state index in [1.54, 1.807) is 18.2 Å². The maximum Gasteiger partial charge on any atom is 0.344 e. The first-order valence-electron chi connectivity index (χ1n) is 7.79. The van der Waals surface area contributed by atoms with Crippen LogP contribution in [0.4, 0.5) is 9.80 Å². The van der Waals surface area contributed by atoms with Gasteiger partial charge in [0.25, 0.3) is 0 Å². The fraction of sp³-hybridized carbons (Fsp3) is 0.312. The molecule has 1 saturated carbocycles. The van der Waals surface area contributed by atoms with E-state index in [0.717, 1.165) is 24.4 Å². The number of carboxylic acids is 1. The van der Waals surface area contributed by atoms with Gasteiger partial charge in [0.05, 0.1) is 10.0 Å². The van der Waals surface area contributed by atoms with E-state index in [9.17, 15) is 14.7 Å². The van der Waals surface area contributed by atoms with Gasteiger partial charge in [-0.2, -0.15) is 4.37 Å². The lowest BCUT2D eigenvalue weighted by Crippen LogP contribution is -2.30. The van der Waals surface area contributed by atoms with Crippen molar-refractivity contribution in [1.29, 1.82) is 0 Å². The summed E-state index contributed by atoms with van der Waals surface area (Å²) in [4.78, 5) is 23.4. The fourth-order valence-electron chi connectivity index (χ4n) is 2.16. The first-order chi connectivity index (χ1) is 12.5. The van der Waals surface area contributed by atoms with Gasteiger partial charge in [0.15, 0.2) is 5.56 Å². The molecule has 2 aromatic rings. The maximum atomic E-state index is 11.9. The van der Waals surface area contributed by atoms with Crippen LogP contribution in [0.3, 0.4) is 0 Å². The molecule has 10 heteroatoms. The van der Waals surface area contributed by atoms with Crippen molar-refractivity contribution in [2.24, 2.45) is 5.92 Å². The molecule has 7 nitrogen and oxygen atoms in total. The standard InChI is InChI=1S/C16H15Cl2N3O4S/c17-10-3-1-2-9(12(10)18)7-25-13-11(15(22)23)14(26-21-13)20-16(24)19-6-8-4-5-8/h1-3,8H,4-7H2,(H,22,23)(H2,19,20,24). The van der Waals surface area contributed by atoms with Crippen LogP contribution in [0.5, 0.6) is 5.88 Å². The van der Waals surface area contributed by atoms with Gasteiger partial charge >= 0.3 is 12.0 Å². The lowest BCUT2D eigenvalue weighted by molar-refractivity contribution is 0.0693. The normalized spacial score (nSPS) is 13.3. The summed E-state index contributed by atoms with van der Waals surface area (Å²) in [5.74, 6) is -0.818. The monoisotopic (exact) mass is 415 g/mol. The van der Waals surface area contributed by atoms with Gasteiger partial charge in [-0.25, -0.2) is 9.59 Å². The smallest absolute Gasteiger partial charge is 0.344 e. The highest BCUT2D eigenvalue weighted by atomic mass is 35.5. The summed E-state index contributed by atoms with van der Waals surface area (Å²) in [6, 6.07) is 4.60.